The Bertz CT molecular complexity index is 3280. The lowest BCUT2D eigenvalue weighted by molar-refractivity contribution is -0.376. The van der Waals surface area contributed by atoms with Crippen LogP contribution in [0.2, 0.25) is 0 Å². The summed E-state index contributed by atoms with van der Waals surface area (Å²) in [6, 6.07) is 51.6. The van der Waals surface area contributed by atoms with Crippen LogP contribution < -0.4 is 20.3 Å². The fraction of sp³-hybridized carbons (Fsp3) is 0.143. The van der Waals surface area contributed by atoms with Gasteiger partial charge in [0.15, 0.2) is 0 Å². The molecular formula is C70H85N12PS2. The van der Waals surface area contributed by atoms with Gasteiger partial charge in [-0.1, -0.05) is 202 Å². The van der Waals surface area contributed by atoms with E-state index in [1.807, 2.05) is 188 Å². The number of hydrogen-bond donors (Lipinski definition) is 8. The lowest BCUT2D eigenvalue weighted by atomic mass is 10.1. The number of allylic oxidation sites excluding steroid dienone is 2. The molecule has 85 heavy (non-hydrogen) atoms. The average Bonchev–Trinajstić information content (AvgIpc) is 4.56. The molecule has 15 heteroatoms. The van der Waals surface area contributed by atoms with E-state index in [2.05, 4.69) is 163 Å². The number of aromatic nitrogens is 7. The van der Waals surface area contributed by atoms with Gasteiger partial charge in [0.05, 0.1) is 30.8 Å². The van der Waals surface area contributed by atoms with Crippen molar-refractivity contribution in [1.82, 2.24) is 35.2 Å². The molecule has 0 fully saturated rings. The number of fused-ring (bicyclic) bond motifs is 3. The molecule has 6 aromatic carbocycles. The quantitative estimate of drug-likeness (QED) is 0.0497. The fourth-order valence-corrected chi connectivity index (χ4v) is 7.21. The summed E-state index contributed by atoms with van der Waals surface area (Å²) >= 11 is 6.67. The Morgan fingerprint density at radius 1 is 0.694 bits per heavy atom. The molecule has 0 saturated carbocycles. The van der Waals surface area contributed by atoms with Crippen molar-refractivity contribution in [1.29, 1.82) is 6.53 Å². The smallest absolute Gasteiger partial charge is 0.239 e. The minimum atomic E-state index is 0. The molecule has 0 unspecified atom stereocenters. The third-order valence-corrected chi connectivity index (χ3v) is 11.7. The van der Waals surface area contributed by atoms with Gasteiger partial charge in [0.25, 0.3) is 0 Å². The van der Waals surface area contributed by atoms with Gasteiger partial charge in [0.2, 0.25) is 6.33 Å². The summed E-state index contributed by atoms with van der Waals surface area (Å²) in [6.07, 6.45) is 29.2. The zero-order chi connectivity index (χ0) is 62.3. The van der Waals surface area contributed by atoms with Crippen LogP contribution in [-0.4, -0.2) is 63.4 Å². The van der Waals surface area contributed by atoms with E-state index >= 15 is 0 Å². The molecule has 0 amide bonds. The number of benzene rings is 6. The molecule has 12 nitrogen and oxygen atoms in total. The molecule has 0 saturated heterocycles. The van der Waals surface area contributed by atoms with Crippen LogP contribution in [0.1, 0.15) is 63.5 Å². The van der Waals surface area contributed by atoms with Crippen molar-refractivity contribution in [2.75, 3.05) is 6.54 Å². The summed E-state index contributed by atoms with van der Waals surface area (Å²) in [5, 5.41) is 11.4. The van der Waals surface area contributed by atoms with E-state index in [1.165, 1.54) is 62.1 Å². The second-order valence-corrected chi connectivity index (χ2v) is 18.2. The summed E-state index contributed by atoms with van der Waals surface area (Å²) in [4.78, 5) is 31.6. The van der Waals surface area contributed by atoms with Crippen molar-refractivity contribution in [2.45, 2.75) is 62.3 Å². The maximum atomic E-state index is 6.92. The van der Waals surface area contributed by atoms with Gasteiger partial charge in [-0.25, -0.2) is 15.0 Å². The first kappa shape index (κ1) is 71.9. The highest BCUT2D eigenvalue weighted by Gasteiger charge is 2.05. The van der Waals surface area contributed by atoms with Gasteiger partial charge in [-0.05, 0) is 88.1 Å². The monoisotopic (exact) mass is 1190 g/mol. The second-order valence-electron chi connectivity index (χ2n) is 18.2. The number of hydrogen-bond acceptors (Lipinski definition) is 6. The van der Waals surface area contributed by atoms with Gasteiger partial charge in [0, 0.05) is 74.7 Å². The Balaban J connectivity index is 0.000000476. The van der Waals surface area contributed by atoms with Crippen LogP contribution in [0.25, 0.3) is 17.0 Å². The normalized spacial score (nSPS) is 10.7. The zero-order valence-corrected chi connectivity index (χ0v) is 51.8. The van der Waals surface area contributed by atoms with Crippen molar-refractivity contribution in [3.63, 3.8) is 0 Å². The van der Waals surface area contributed by atoms with E-state index in [1.54, 1.807) is 31.4 Å². The molecule has 9 N–H and O–H groups in total. The second kappa shape index (κ2) is 45.4. The summed E-state index contributed by atoms with van der Waals surface area (Å²) in [5.41, 5.74) is 17.4. The Labute approximate surface area is 520 Å². The highest BCUT2D eigenvalue weighted by Crippen LogP contribution is 2.23. The summed E-state index contributed by atoms with van der Waals surface area (Å²) in [5.74, 6) is 0. The first-order valence-corrected chi connectivity index (χ1v) is 28.3. The summed E-state index contributed by atoms with van der Waals surface area (Å²) in [7, 11) is 2.56. The number of nitrogens with one attached hydrogen (secondary N) is 9. The predicted molar refractivity (Wildman–Crippen MR) is 372 cm³/mol. The minimum absolute atomic E-state index is 0. The van der Waals surface area contributed by atoms with Crippen LogP contribution in [0.5, 0.6) is 0 Å². The number of nitrogens with zero attached hydrogens (tertiary/aromatic N) is 3. The summed E-state index contributed by atoms with van der Waals surface area (Å²) in [6.45, 7) is 29.1. The van der Waals surface area contributed by atoms with E-state index in [-0.39, 0.29) is 7.43 Å². The van der Waals surface area contributed by atoms with Crippen LogP contribution in [0.3, 0.4) is 0 Å². The molecule has 0 bridgehead atoms. The largest absolute Gasteiger partial charge is 0.380 e. The molecule has 1 aliphatic carbocycles. The van der Waals surface area contributed by atoms with E-state index in [0.29, 0.717) is 0 Å². The summed E-state index contributed by atoms with van der Waals surface area (Å²) < 4.78 is 5.44. The van der Waals surface area contributed by atoms with Crippen molar-refractivity contribution < 1.29 is 15.0 Å². The molecule has 2 aliphatic heterocycles. The van der Waals surface area contributed by atoms with Gasteiger partial charge in [-0.15, -0.1) is 36.0 Å². The van der Waals surface area contributed by atoms with Crippen LogP contribution in [0.4, 0.5) is 17.1 Å². The third-order valence-electron chi connectivity index (χ3n) is 11.7. The molecule has 3 aliphatic rings. The van der Waals surface area contributed by atoms with Crippen LogP contribution >= 0.6 is 21.4 Å². The maximum absolute atomic E-state index is 6.92. The Kier molecular flexibility index (Phi) is 38.4. The predicted octanol–water partition coefficient (Wildman–Crippen LogP) is 13.4. The molecule has 13 rings (SSSR count). The first-order valence-electron chi connectivity index (χ1n) is 27.1. The van der Waals surface area contributed by atoms with Gasteiger partial charge in [-0.3, -0.25) is 9.98 Å². The number of para-hydroxylation sites is 4. The molecule has 4 aromatic heterocycles. The van der Waals surface area contributed by atoms with Crippen LogP contribution in [0.15, 0.2) is 243 Å². The highest BCUT2D eigenvalue weighted by molar-refractivity contribution is 7.88. The highest BCUT2D eigenvalue weighted by atomic mass is 32.4. The third kappa shape index (κ3) is 30.6. The average molecular weight is 1190 g/mol. The number of aromatic amines is 5. The molecule has 0 spiro atoms. The van der Waals surface area contributed by atoms with Gasteiger partial charge < -0.3 is 35.7 Å². The van der Waals surface area contributed by atoms with E-state index in [4.69, 9.17) is 20.0 Å². The fourth-order valence-electron chi connectivity index (χ4n) is 7.21. The van der Waals surface area contributed by atoms with Crippen molar-refractivity contribution in [2.24, 2.45) is 4.99 Å². The first-order chi connectivity index (χ1) is 41.4. The number of rotatable bonds is 4. The number of aryl methyl sites for hydroxylation is 7. The van der Waals surface area contributed by atoms with Crippen molar-refractivity contribution >= 4 is 93.1 Å². The number of imidazole rings is 3. The number of H-pyrrole nitrogens is 5. The van der Waals surface area contributed by atoms with Gasteiger partial charge >= 0.3 is 0 Å². The molecule has 0 atom stereocenters. The minimum Gasteiger partial charge on any atom is -0.380 e. The van der Waals surface area contributed by atoms with Gasteiger partial charge in [-0.2, -0.15) is 13.4 Å². The van der Waals surface area contributed by atoms with E-state index < -0.39 is 0 Å². The van der Waals surface area contributed by atoms with E-state index in [9.17, 15) is 0 Å². The zero-order valence-electron chi connectivity index (χ0n) is 50.1. The van der Waals surface area contributed by atoms with Crippen LogP contribution in [-0.2, 0) is 18.2 Å². The Morgan fingerprint density at radius 3 is 1.72 bits per heavy atom. The SMILES string of the molecule is C.C1=CC2=CCN[C-]2C=C1.C1=Nc2ccccc2C1.C=Cc1ccccc1C.Cc1c[nH+]c[nH]1.Cc1cccc(C=N)c1.Cc1cnc[nH]1.Cc1cnc[nH]1.P=S.[2H]S.[CH-]=[NH+]c1ccccc1C.[CH-]=[NH+]c1ccccc1C.c1ccc2[nH]ccc2c1. The Morgan fingerprint density at radius 2 is 1.28 bits per heavy atom. The maximum Gasteiger partial charge on any atom is 0.239 e. The molecule has 442 valence electrons. The van der Waals surface area contributed by atoms with E-state index in [0.717, 1.165) is 52.7 Å². The molecule has 10 aromatic rings. The molecule has 0 radical (unpaired) electrons. The lowest BCUT2D eigenvalue weighted by Gasteiger charge is -2.17. The number of aliphatic imine (C=N–C) groups is 1. The van der Waals surface area contributed by atoms with Crippen molar-refractivity contribution in [3.05, 3.63) is 300 Å². The molecular weight excluding hydrogens is 1100 g/mol. The standard InChI is InChI=1S/C9H10.C8H8N.2C8H7N.3C8H9N.3C4H6N2.CH4.HPS.H2S/c1-3-9-7-5-4-6-8(9)2;3*1-2-4-8-7(3-1)5-6-9-8;2*1-7-5-3-4-6-8(7)9-2;1-7-3-2-4-8(5-7)6-9;3*1-4-2-5-3-6-4;;1-2;/h3-7H,1H2,2H3;1-5,9H,6H2;1-4,6H,5H2;1-6,9H;3*2-6,9H,1H3;3*2-3H,1H3,(H,5,6);1H4;1H;1H2/q;-1;;;;;;;;;;;/p+1/i/hD. The molecule has 6 heterocycles. The topological polar surface area (TPSA) is 179 Å². The Hall–Kier alpha value is -9.17. The van der Waals surface area contributed by atoms with Gasteiger partial charge in [0.1, 0.15) is 11.9 Å². The van der Waals surface area contributed by atoms with Crippen molar-refractivity contribution in [3.8, 4) is 0 Å². The lowest BCUT2D eigenvalue weighted by Crippen LogP contribution is -2.58. The van der Waals surface area contributed by atoms with Crippen LogP contribution in [0, 0.1) is 59.9 Å².